The molecular weight excluding hydrogens is 1070 g/mol. The first-order chi connectivity index (χ1) is 34.8. The van der Waals surface area contributed by atoms with Gasteiger partial charge in [-0.3, -0.25) is 28.4 Å². The van der Waals surface area contributed by atoms with Crippen molar-refractivity contribution in [2.45, 2.75) is 108 Å². The van der Waals surface area contributed by atoms with E-state index in [1.54, 1.807) is 0 Å². The van der Waals surface area contributed by atoms with Gasteiger partial charge in [0.15, 0.2) is 17.3 Å². The van der Waals surface area contributed by atoms with E-state index in [2.05, 4.69) is 5.32 Å². The fourth-order valence-corrected chi connectivity index (χ4v) is 11.5. The molecule has 3 aliphatic heterocycles. The smallest absolute Gasteiger partial charge is 0.416 e. The largest absolute Gasteiger partial charge is 0.748 e. The second kappa shape index (κ2) is 24.3. The summed E-state index contributed by atoms with van der Waals surface area (Å²) in [6.07, 6.45) is 3.16. The molecule has 5 rings (SSSR count). The molecule has 75 heavy (non-hydrogen) atoms. The molecule has 0 fully saturated rings. The van der Waals surface area contributed by atoms with Gasteiger partial charge in [0, 0.05) is 73.3 Å². The van der Waals surface area contributed by atoms with Gasteiger partial charge in [-0.05, 0) is 82.6 Å². The molecule has 0 spiro atoms. The second-order valence-corrected chi connectivity index (χ2v) is 23.4. The molecule has 0 radical (unpaired) electrons. The number of carbonyl (C=O) groups is 3. The van der Waals surface area contributed by atoms with Crippen molar-refractivity contribution in [1.82, 2.24) is 10.2 Å². The first-order valence-electron chi connectivity index (χ1n) is 23.7. The van der Waals surface area contributed by atoms with Crippen LogP contribution in [0.1, 0.15) is 108 Å². The Morgan fingerprint density at radius 1 is 0.707 bits per heavy atom. The number of benzene rings is 2. The lowest BCUT2D eigenvalue weighted by atomic mass is 9.74. The molecule has 2 aromatic rings. The molecule has 0 aliphatic carbocycles. The number of anilines is 1. The van der Waals surface area contributed by atoms with Gasteiger partial charge < -0.3 is 14.8 Å². The van der Waals surface area contributed by atoms with Gasteiger partial charge in [0.05, 0.1) is 38.2 Å². The van der Waals surface area contributed by atoms with Gasteiger partial charge in [-0.2, -0.15) is 39.0 Å². The van der Waals surface area contributed by atoms with E-state index in [-0.39, 0.29) is 119 Å². The summed E-state index contributed by atoms with van der Waals surface area (Å²) in [5.41, 5.74) is -6.46. The molecule has 0 saturated carbocycles. The minimum absolute atomic E-state index is 0.0273. The van der Waals surface area contributed by atoms with Crippen LogP contribution in [0.5, 0.6) is 0 Å². The second-order valence-electron chi connectivity index (χ2n) is 18.8. The summed E-state index contributed by atoms with van der Waals surface area (Å²) in [6, 6.07) is 1.25. The number of alkyl halides is 3. The molecule has 2 aromatic carbocycles. The Morgan fingerprint density at radius 3 is 1.91 bits per heavy atom. The Balaban J connectivity index is 1.54. The van der Waals surface area contributed by atoms with Crippen LogP contribution in [-0.2, 0) is 61.7 Å². The van der Waals surface area contributed by atoms with Crippen molar-refractivity contribution in [2.24, 2.45) is 0 Å². The molecule has 3 N–H and O–H groups in total. The van der Waals surface area contributed by atoms with Crippen molar-refractivity contribution >= 4 is 65.2 Å². The maximum Gasteiger partial charge on any atom is 0.416 e. The SMILES string of the molecule is CC1(CCCCS(=O)(=O)O)C(/C=C/C=C/C=C2/N(CCCCS(=O)(=O)O)c3cc(F)cc(C(F)(F)F)c3C2(C)CCCCCC(=O)NCCN2C(=O)C=CC2=O)=[N+](CCCCS(=O)(=O)[O-])c2c(F)c(F)c(F)c(F)c21. The minimum Gasteiger partial charge on any atom is -0.748 e. The summed E-state index contributed by atoms with van der Waals surface area (Å²) in [5, 5.41) is 2.60. The van der Waals surface area contributed by atoms with Crippen molar-refractivity contribution < 1.29 is 93.0 Å². The third-order valence-corrected chi connectivity index (χ3v) is 15.7. The van der Waals surface area contributed by atoms with Gasteiger partial charge in [-0.25, -0.2) is 26.0 Å². The maximum absolute atomic E-state index is 15.9. The van der Waals surface area contributed by atoms with Crippen LogP contribution in [0.4, 0.5) is 46.5 Å². The van der Waals surface area contributed by atoms with Crippen molar-refractivity contribution in [3.63, 3.8) is 0 Å². The van der Waals surface area contributed by atoms with Gasteiger partial charge in [0.25, 0.3) is 37.7 Å². The normalized spacial score (nSPS) is 19.8. The number of halogens is 8. The number of fused-ring (bicyclic) bond motifs is 2. The number of hydrogen-bond donors (Lipinski definition) is 3. The molecule has 3 heterocycles. The molecule has 0 saturated heterocycles. The third kappa shape index (κ3) is 15.2. The van der Waals surface area contributed by atoms with E-state index < -0.39 is 128 Å². The first-order valence-corrected chi connectivity index (χ1v) is 28.5. The van der Waals surface area contributed by atoms with Crippen LogP contribution in [0.15, 0.2) is 60.4 Å². The molecule has 2 unspecified atom stereocenters. The monoisotopic (exact) mass is 1130 g/mol. The lowest BCUT2D eigenvalue weighted by Gasteiger charge is -2.31. The summed E-state index contributed by atoms with van der Waals surface area (Å²) in [7, 11) is -13.7. The topological polar surface area (TPSA) is 239 Å². The van der Waals surface area contributed by atoms with Crippen molar-refractivity contribution in [3.05, 3.63) is 106 Å². The van der Waals surface area contributed by atoms with E-state index in [1.807, 2.05) is 0 Å². The standard InChI is InChI=1S/C48H56F8N4O12S3/c1-46(20-8-4-7-17-36(61)57-22-25-60-37(62)18-19-38(60)63)34(58(23-10-13-27-74(67,68)69)33-30-31(49)29-32(39(33)46)48(54,55)56)15-5-3-6-16-35-47(2,21-9-12-26-73(64,65)66)40-41(50)42(51)43(52)44(53)45(40)59(35)24-11-14-28-75(70,71)72/h3,5-6,15-16,18-19,29-30H,4,7-14,17,20-28H2,1-2H3,(H3-,57,61,64,65,66,67,68,69,70,71,72). The van der Waals surface area contributed by atoms with Crippen molar-refractivity contribution in [3.8, 4) is 0 Å². The van der Waals surface area contributed by atoms with E-state index in [4.69, 9.17) is 0 Å². The van der Waals surface area contributed by atoms with E-state index in [1.165, 1.54) is 49.1 Å². The molecule has 414 valence electrons. The highest BCUT2D eigenvalue weighted by Crippen LogP contribution is 2.55. The number of imide groups is 1. The summed E-state index contributed by atoms with van der Waals surface area (Å²) < 4.78 is 222. The lowest BCUT2D eigenvalue weighted by Crippen LogP contribution is -2.38. The molecule has 0 aromatic heterocycles. The third-order valence-electron chi connectivity index (χ3n) is 13.3. The Kier molecular flexibility index (Phi) is 19.6. The fourth-order valence-electron chi connectivity index (χ4n) is 9.83. The van der Waals surface area contributed by atoms with Gasteiger partial charge in [-0.15, -0.1) is 0 Å². The molecule has 0 bridgehead atoms. The zero-order valence-corrected chi connectivity index (χ0v) is 43.1. The number of hydrogen-bond acceptors (Lipinski definition) is 11. The van der Waals surface area contributed by atoms with Crippen molar-refractivity contribution in [1.29, 1.82) is 0 Å². The number of unbranched alkanes of at least 4 members (excludes halogenated alkanes) is 5. The van der Waals surface area contributed by atoms with Crippen LogP contribution >= 0.6 is 0 Å². The predicted molar refractivity (Wildman–Crippen MR) is 258 cm³/mol. The fraction of sp³-hybridized carbons (Fsp3) is 0.500. The highest BCUT2D eigenvalue weighted by atomic mass is 32.2. The molecule has 27 heteroatoms. The number of nitrogens with zero attached hydrogens (tertiary/aromatic N) is 3. The Hall–Kier alpha value is -5.35. The summed E-state index contributed by atoms with van der Waals surface area (Å²) >= 11 is 0. The van der Waals surface area contributed by atoms with Crippen LogP contribution in [-0.4, -0.2) is 115 Å². The predicted octanol–water partition coefficient (Wildman–Crippen LogP) is 7.57. The number of carbonyl (C=O) groups excluding carboxylic acids is 3. The lowest BCUT2D eigenvalue weighted by molar-refractivity contribution is -0.440. The van der Waals surface area contributed by atoms with E-state index >= 15 is 17.6 Å². The minimum atomic E-state index is -5.09. The molecule has 3 aliphatic rings. The average molecular weight is 1130 g/mol. The van der Waals surface area contributed by atoms with E-state index in [0.29, 0.717) is 12.5 Å². The number of rotatable bonds is 27. The highest BCUT2D eigenvalue weighted by molar-refractivity contribution is 7.86. The van der Waals surface area contributed by atoms with Gasteiger partial charge in [0.1, 0.15) is 12.4 Å². The van der Waals surface area contributed by atoms with Crippen LogP contribution in [0.2, 0.25) is 0 Å². The Morgan fingerprint density at radius 2 is 1.29 bits per heavy atom. The number of amides is 3. The van der Waals surface area contributed by atoms with Gasteiger partial charge in [-0.1, -0.05) is 37.5 Å². The molecule has 2 atom stereocenters. The van der Waals surface area contributed by atoms with Crippen molar-refractivity contribution in [2.75, 3.05) is 48.3 Å². The molecule has 16 nitrogen and oxygen atoms in total. The summed E-state index contributed by atoms with van der Waals surface area (Å²) in [4.78, 5) is 38.6. The Bertz CT molecular complexity index is 3040. The molecule has 3 amide bonds. The zero-order chi connectivity index (χ0) is 55.9. The molecular formula is C48H56F8N4O12S3. The van der Waals surface area contributed by atoms with Crippen LogP contribution in [0.3, 0.4) is 0 Å². The summed E-state index contributed by atoms with van der Waals surface area (Å²) in [5.74, 6) is -13.0. The van der Waals surface area contributed by atoms with E-state index in [0.717, 1.165) is 27.7 Å². The average Bonchev–Trinajstić information content (AvgIpc) is 3.83. The Labute approximate surface area is 429 Å². The van der Waals surface area contributed by atoms with Crippen LogP contribution < -0.4 is 10.2 Å². The number of nitrogens with one attached hydrogen (secondary N) is 1. The van der Waals surface area contributed by atoms with Crippen LogP contribution in [0, 0.1) is 29.1 Å². The zero-order valence-electron chi connectivity index (χ0n) is 40.7. The number of allylic oxidation sites excluding steroid dienone is 6. The summed E-state index contributed by atoms with van der Waals surface area (Å²) in [6.45, 7) is 2.16. The highest BCUT2D eigenvalue weighted by Gasteiger charge is 2.53. The quantitative estimate of drug-likeness (QED) is 0.0114. The first kappa shape index (κ1) is 60.5. The van der Waals surface area contributed by atoms with E-state index in [9.17, 15) is 70.9 Å². The van der Waals surface area contributed by atoms with Gasteiger partial charge >= 0.3 is 6.18 Å². The maximum atomic E-state index is 15.9. The van der Waals surface area contributed by atoms with Gasteiger partial charge in [0.2, 0.25) is 17.5 Å². The van der Waals surface area contributed by atoms with Crippen LogP contribution in [0.25, 0.3) is 0 Å².